The van der Waals surface area contributed by atoms with Crippen LogP contribution < -0.4 is 5.73 Å². The van der Waals surface area contributed by atoms with Gasteiger partial charge in [-0.15, -0.1) is 0 Å². The first kappa shape index (κ1) is 16.0. The van der Waals surface area contributed by atoms with E-state index in [1.54, 1.807) is 30.3 Å². The molecule has 0 heterocycles. The summed E-state index contributed by atoms with van der Waals surface area (Å²) in [6.07, 6.45) is 1.13. The standard InChI is InChI=1S/C14H14ClNO3S2/c1-21(18,19)13-5-3-12(4-6-13)20(17)9-10-8-11(15)2-7-14(10)16/h2-8H,9,16H2,1H3. The molecule has 2 N–H and O–H groups in total. The van der Waals surface area contributed by atoms with Gasteiger partial charge in [0.25, 0.3) is 0 Å². The second-order valence-electron chi connectivity index (χ2n) is 4.58. The van der Waals surface area contributed by atoms with Gasteiger partial charge in [0.1, 0.15) is 0 Å². The number of halogens is 1. The van der Waals surface area contributed by atoms with Gasteiger partial charge in [-0.1, -0.05) is 11.6 Å². The molecule has 7 heteroatoms. The second kappa shape index (κ2) is 6.17. The number of sulfone groups is 1. The summed E-state index contributed by atoms with van der Waals surface area (Å²) in [7, 11) is -4.57. The van der Waals surface area contributed by atoms with Crippen molar-refractivity contribution in [2.45, 2.75) is 15.5 Å². The Morgan fingerprint density at radius 2 is 1.76 bits per heavy atom. The molecule has 1 unspecified atom stereocenters. The van der Waals surface area contributed by atoms with E-state index in [-0.39, 0.29) is 10.6 Å². The molecule has 0 aliphatic heterocycles. The van der Waals surface area contributed by atoms with Crippen molar-refractivity contribution in [3.8, 4) is 0 Å². The molecule has 0 aliphatic rings. The fourth-order valence-electron chi connectivity index (χ4n) is 1.76. The zero-order chi connectivity index (χ0) is 15.6. The molecule has 0 bridgehead atoms. The summed E-state index contributed by atoms with van der Waals surface area (Å²) in [6.45, 7) is 0. The van der Waals surface area contributed by atoms with E-state index in [9.17, 15) is 12.6 Å². The molecular formula is C14H14ClNO3S2. The topological polar surface area (TPSA) is 77.2 Å². The number of nitrogen functional groups attached to an aromatic ring is 1. The average molecular weight is 344 g/mol. The summed E-state index contributed by atoms with van der Waals surface area (Å²) in [6, 6.07) is 11.0. The Morgan fingerprint density at radius 3 is 2.33 bits per heavy atom. The summed E-state index contributed by atoms with van der Waals surface area (Å²) < 4.78 is 35.1. The molecule has 112 valence electrons. The molecule has 2 aromatic carbocycles. The van der Waals surface area contributed by atoms with E-state index in [1.165, 1.54) is 12.1 Å². The minimum absolute atomic E-state index is 0.200. The summed E-state index contributed by atoms with van der Waals surface area (Å²) in [5.41, 5.74) is 7.05. The van der Waals surface area contributed by atoms with Crippen molar-refractivity contribution in [3.63, 3.8) is 0 Å². The van der Waals surface area contributed by atoms with Crippen molar-refractivity contribution < 1.29 is 12.6 Å². The summed E-state index contributed by atoms with van der Waals surface area (Å²) in [5.74, 6) is 0.227. The first-order valence-corrected chi connectivity index (χ1v) is 9.58. The van der Waals surface area contributed by atoms with Crippen LogP contribution in [-0.2, 0) is 26.4 Å². The molecule has 2 aromatic rings. The highest BCUT2D eigenvalue weighted by atomic mass is 35.5. The largest absolute Gasteiger partial charge is 0.398 e. The van der Waals surface area contributed by atoms with Crippen molar-refractivity contribution >= 4 is 37.9 Å². The van der Waals surface area contributed by atoms with Crippen molar-refractivity contribution in [3.05, 3.63) is 53.1 Å². The van der Waals surface area contributed by atoms with Gasteiger partial charge in [-0.2, -0.15) is 0 Å². The summed E-state index contributed by atoms with van der Waals surface area (Å²) in [5, 5.41) is 0.531. The van der Waals surface area contributed by atoms with Crippen LogP contribution in [0.4, 0.5) is 5.69 Å². The number of nitrogens with two attached hydrogens (primary N) is 1. The minimum atomic E-state index is -3.25. The van der Waals surface area contributed by atoms with Crippen LogP contribution in [-0.4, -0.2) is 18.9 Å². The highest BCUT2D eigenvalue weighted by Gasteiger charge is 2.11. The second-order valence-corrected chi connectivity index (χ2v) is 8.48. The highest BCUT2D eigenvalue weighted by Crippen LogP contribution is 2.22. The van der Waals surface area contributed by atoms with Crippen LogP contribution in [0.25, 0.3) is 0 Å². The van der Waals surface area contributed by atoms with E-state index in [0.717, 1.165) is 6.26 Å². The zero-order valence-corrected chi connectivity index (χ0v) is 13.6. The maximum atomic E-state index is 12.3. The number of benzene rings is 2. The molecule has 0 fully saturated rings. The van der Waals surface area contributed by atoms with Gasteiger partial charge in [0, 0.05) is 21.9 Å². The smallest absolute Gasteiger partial charge is 0.175 e. The lowest BCUT2D eigenvalue weighted by molar-refractivity contribution is 0.601. The predicted octanol–water partition coefficient (Wildman–Crippen LogP) is 2.63. The molecule has 2 rings (SSSR count). The normalized spacial score (nSPS) is 13.0. The van der Waals surface area contributed by atoms with Crippen LogP contribution in [0.1, 0.15) is 5.56 Å². The van der Waals surface area contributed by atoms with Crippen molar-refractivity contribution in [2.24, 2.45) is 0 Å². The van der Waals surface area contributed by atoms with Gasteiger partial charge in [-0.05, 0) is 48.0 Å². The third kappa shape index (κ3) is 4.06. The lowest BCUT2D eigenvalue weighted by Gasteiger charge is -2.07. The first-order valence-electron chi connectivity index (χ1n) is 6.00. The Bertz CT molecular complexity index is 786. The average Bonchev–Trinajstić information content (AvgIpc) is 2.42. The Kier molecular flexibility index (Phi) is 4.70. The number of rotatable bonds is 4. The van der Waals surface area contributed by atoms with Crippen LogP contribution in [0.2, 0.25) is 5.02 Å². The van der Waals surface area contributed by atoms with Gasteiger partial charge < -0.3 is 5.73 Å². The molecule has 0 aliphatic carbocycles. The highest BCUT2D eigenvalue weighted by molar-refractivity contribution is 7.90. The molecule has 1 atom stereocenters. The SMILES string of the molecule is CS(=O)(=O)c1ccc(S(=O)Cc2cc(Cl)ccc2N)cc1. The van der Waals surface area contributed by atoms with Crippen LogP contribution in [0, 0.1) is 0 Å². The molecule has 0 aromatic heterocycles. The van der Waals surface area contributed by atoms with Crippen molar-refractivity contribution in [1.82, 2.24) is 0 Å². The molecule has 0 saturated heterocycles. The maximum Gasteiger partial charge on any atom is 0.175 e. The quantitative estimate of drug-likeness (QED) is 0.866. The van der Waals surface area contributed by atoms with Gasteiger partial charge in [-0.25, -0.2) is 8.42 Å². The van der Waals surface area contributed by atoms with Gasteiger partial charge in [0.2, 0.25) is 0 Å². The molecular weight excluding hydrogens is 330 g/mol. The van der Waals surface area contributed by atoms with Gasteiger partial charge in [0.05, 0.1) is 21.4 Å². The van der Waals surface area contributed by atoms with E-state index in [0.29, 0.717) is 21.2 Å². The van der Waals surface area contributed by atoms with Gasteiger partial charge in [-0.3, -0.25) is 4.21 Å². The minimum Gasteiger partial charge on any atom is -0.398 e. The zero-order valence-electron chi connectivity index (χ0n) is 11.2. The number of hydrogen-bond donors (Lipinski definition) is 1. The van der Waals surface area contributed by atoms with E-state index in [4.69, 9.17) is 17.3 Å². The van der Waals surface area contributed by atoms with Crippen LogP contribution in [0.15, 0.2) is 52.3 Å². The number of anilines is 1. The molecule has 21 heavy (non-hydrogen) atoms. The van der Waals surface area contributed by atoms with Crippen molar-refractivity contribution in [1.29, 1.82) is 0 Å². The van der Waals surface area contributed by atoms with E-state index in [2.05, 4.69) is 0 Å². The summed E-state index contributed by atoms with van der Waals surface area (Å²) >= 11 is 5.90. The Labute approximate surface area is 131 Å². The Hall–Kier alpha value is -1.37. The van der Waals surface area contributed by atoms with E-state index < -0.39 is 20.6 Å². The third-order valence-electron chi connectivity index (χ3n) is 2.91. The van der Waals surface area contributed by atoms with Crippen molar-refractivity contribution in [2.75, 3.05) is 12.0 Å². The molecule has 0 saturated carbocycles. The van der Waals surface area contributed by atoms with Crippen LogP contribution >= 0.6 is 11.6 Å². The predicted molar refractivity (Wildman–Crippen MR) is 85.5 cm³/mol. The number of hydrogen-bond acceptors (Lipinski definition) is 4. The third-order valence-corrected chi connectivity index (χ3v) is 5.64. The molecule has 0 amide bonds. The Morgan fingerprint density at radius 1 is 1.14 bits per heavy atom. The lowest BCUT2D eigenvalue weighted by Crippen LogP contribution is -2.02. The fraction of sp³-hybridized carbons (Fsp3) is 0.143. The lowest BCUT2D eigenvalue weighted by atomic mass is 10.2. The van der Waals surface area contributed by atoms with Crippen LogP contribution in [0.3, 0.4) is 0 Å². The van der Waals surface area contributed by atoms with Gasteiger partial charge in [0.15, 0.2) is 9.84 Å². The van der Waals surface area contributed by atoms with E-state index >= 15 is 0 Å². The molecule has 0 spiro atoms. The maximum absolute atomic E-state index is 12.3. The van der Waals surface area contributed by atoms with Gasteiger partial charge >= 0.3 is 0 Å². The fourth-order valence-corrected chi connectivity index (χ4v) is 3.73. The molecule has 4 nitrogen and oxygen atoms in total. The summed E-state index contributed by atoms with van der Waals surface area (Å²) in [4.78, 5) is 0.743. The molecule has 0 radical (unpaired) electrons. The Balaban J connectivity index is 2.23. The van der Waals surface area contributed by atoms with E-state index in [1.807, 2.05) is 0 Å². The van der Waals surface area contributed by atoms with Crippen LogP contribution in [0.5, 0.6) is 0 Å². The first-order chi connectivity index (χ1) is 9.77. The monoisotopic (exact) mass is 343 g/mol.